The Bertz CT molecular complexity index is 770. The normalized spacial score (nSPS) is 9.92. The van der Waals surface area contributed by atoms with Crippen molar-refractivity contribution in [2.45, 2.75) is 11.3 Å². The fraction of sp³-hybridized carbons (Fsp3) is 0.167. The first-order valence-electron chi connectivity index (χ1n) is 7.36. The summed E-state index contributed by atoms with van der Waals surface area (Å²) in [6.45, 7) is -0.347. The number of amides is 1. The predicted molar refractivity (Wildman–Crippen MR) is 97.5 cm³/mol. The van der Waals surface area contributed by atoms with Crippen molar-refractivity contribution >= 4 is 40.9 Å². The highest BCUT2D eigenvalue weighted by Crippen LogP contribution is 2.20. The van der Waals surface area contributed by atoms with Gasteiger partial charge in [-0.05, 0) is 42.0 Å². The molecule has 2 aromatic carbocycles. The highest BCUT2D eigenvalue weighted by molar-refractivity contribution is 8.00. The van der Waals surface area contributed by atoms with Crippen LogP contribution in [-0.4, -0.2) is 24.2 Å². The zero-order valence-corrected chi connectivity index (χ0v) is 14.8. The molecule has 128 valence electrons. The summed E-state index contributed by atoms with van der Waals surface area (Å²) in [5.74, 6) is -0.782. The number of thioether (sulfide) groups is 1. The second-order valence-electron chi connectivity index (χ2n) is 4.98. The molecular weight excluding hydrogens is 360 g/mol. The number of hydrogen-bond donors (Lipinski definition) is 1. The van der Waals surface area contributed by atoms with Crippen LogP contribution in [0.5, 0.6) is 0 Å². The van der Waals surface area contributed by atoms with Crippen LogP contribution in [0.25, 0.3) is 0 Å². The molecule has 0 radical (unpaired) electrons. The molecule has 0 saturated heterocycles. The van der Waals surface area contributed by atoms with Gasteiger partial charge in [-0.25, -0.2) is 0 Å². The minimum Gasteiger partial charge on any atom is -0.455 e. The minimum absolute atomic E-state index is 0.109. The number of anilines is 1. The van der Waals surface area contributed by atoms with Crippen molar-refractivity contribution in [2.75, 3.05) is 17.7 Å². The molecule has 0 bridgehead atoms. The third-order valence-corrected chi connectivity index (χ3v) is 4.29. The minimum atomic E-state index is -0.473. The number of nitrogens with one attached hydrogen (secondary N) is 1. The van der Waals surface area contributed by atoms with E-state index in [4.69, 9.17) is 21.6 Å². The Balaban J connectivity index is 1.71. The number of halogens is 1. The van der Waals surface area contributed by atoms with Crippen LogP contribution in [0.1, 0.15) is 5.56 Å². The molecule has 7 heteroatoms. The zero-order valence-electron chi connectivity index (χ0n) is 13.2. The quantitative estimate of drug-likeness (QED) is 0.590. The summed E-state index contributed by atoms with van der Waals surface area (Å²) >= 11 is 7.10. The molecule has 2 aromatic rings. The van der Waals surface area contributed by atoms with Gasteiger partial charge in [0.25, 0.3) is 5.91 Å². The Hall–Kier alpha value is -2.49. The Morgan fingerprint density at radius 2 is 1.80 bits per heavy atom. The van der Waals surface area contributed by atoms with Gasteiger partial charge < -0.3 is 10.1 Å². The maximum Gasteiger partial charge on any atom is 0.316 e. The largest absolute Gasteiger partial charge is 0.455 e. The Labute approximate surface area is 154 Å². The predicted octanol–water partition coefficient (Wildman–Crippen LogP) is 3.68. The summed E-state index contributed by atoms with van der Waals surface area (Å²) in [5.41, 5.74) is 1.45. The van der Waals surface area contributed by atoms with Crippen molar-refractivity contribution in [3.63, 3.8) is 0 Å². The van der Waals surface area contributed by atoms with Crippen LogP contribution in [0.15, 0.2) is 53.4 Å². The lowest BCUT2D eigenvalue weighted by Crippen LogP contribution is -2.21. The smallest absolute Gasteiger partial charge is 0.316 e. The number of nitrogens with zero attached hydrogens (tertiary/aromatic N) is 1. The molecule has 0 aliphatic heterocycles. The Kier molecular flexibility index (Phi) is 7.33. The first kappa shape index (κ1) is 18.8. The number of ether oxygens (including phenoxy) is 1. The third-order valence-electron chi connectivity index (χ3n) is 3.06. The summed E-state index contributed by atoms with van der Waals surface area (Å²) in [5, 5.41) is 11.9. The first-order valence-corrected chi connectivity index (χ1v) is 8.73. The first-order chi connectivity index (χ1) is 12.1. The number of carbonyl (C=O) groups excluding carboxylic acids is 2. The molecular formula is C18H15ClN2O3S. The van der Waals surface area contributed by atoms with E-state index >= 15 is 0 Å². The molecule has 0 spiro atoms. The van der Waals surface area contributed by atoms with Gasteiger partial charge in [-0.3, -0.25) is 9.59 Å². The van der Waals surface area contributed by atoms with Gasteiger partial charge in [0, 0.05) is 15.6 Å². The van der Waals surface area contributed by atoms with E-state index in [0.29, 0.717) is 17.1 Å². The van der Waals surface area contributed by atoms with Gasteiger partial charge in [0.2, 0.25) is 0 Å². The SMILES string of the molecule is N#CCc1ccc(NC(=O)COC(=O)CSc2ccc(Cl)cc2)cc1. The highest BCUT2D eigenvalue weighted by Gasteiger charge is 2.09. The van der Waals surface area contributed by atoms with Gasteiger partial charge in [-0.15, -0.1) is 11.8 Å². The van der Waals surface area contributed by atoms with E-state index in [1.54, 1.807) is 36.4 Å². The second-order valence-corrected chi connectivity index (χ2v) is 6.47. The second kappa shape index (κ2) is 9.72. The summed E-state index contributed by atoms with van der Waals surface area (Å²) in [7, 11) is 0. The zero-order chi connectivity index (χ0) is 18.1. The van der Waals surface area contributed by atoms with E-state index in [-0.39, 0.29) is 12.4 Å². The van der Waals surface area contributed by atoms with Crippen LogP contribution in [-0.2, 0) is 20.7 Å². The fourth-order valence-electron chi connectivity index (χ4n) is 1.86. The van der Waals surface area contributed by atoms with Gasteiger partial charge in [-0.2, -0.15) is 5.26 Å². The maximum atomic E-state index is 11.8. The van der Waals surface area contributed by atoms with E-state index < -0.39 is 11.9 Å². The van der Waals surface area contributed by atoms with Crippen LogP contribution >= 0.6 is 23.4 Å². The van der Waals surface area contributed by atoms with Gasteiger partial charge in [0.15, 0.2) is 6.61 Å². The molecule has 0 fully saturated rings. The summed E-state index contributed by atoms with van der Waals surface area (Å²) in [4.78, 5) is 24.3. The molecule has 0 aliphatic carbocycles. The van der Waals surface area contributed by atoms with Gasteiger partial charge in [0.1, 0.15) is 0 Å². The van der Waals surface area contributed by atoms with Crippen molar-refractivity contribution in [3.8, 4) is 6.07 Å². The lowest BCUT2D eigenvalue weighted by atomic mass is 10.1. The van der Waals surface area contributed by atoms with Crippen LogP contribution in [0.3, 0.4) is 0 Å². The third kappa shape index (κ3) is 6.87. The van der Waals surface area contributed by atoms with Gasteiger partial charge >= 0.3 is 5.97 Å². The van der Waals surface area contributed by atoms with E-state index in [1.165, 1.54) is 11.8 Å². The summed E-state index contributed by atoms with van der Waals surface area (Å²) in [6.07, 6.45) is 0.317. The van der Waals surface area contributed by atoms with E-state index in [1.807, 2.05) is 12.1 Å². The molecule has 1 N–H and O–H groups in total. The molecule has 5 nitrogen and oxygen atoms in total. The molecule has 25 heavy (non-hydrogen) atoms. The lowest BCUT2D eigenvalue weighted by molar-refractivity contribution is -0.144. The summed E-state index contributed by atoms with van der Waals surface area (Å²) in [6, 6.07) is 16.1. The van der Waals surface area contributed by atoms with Crippen LogP contribution in [0.2, 0.25) is 5.02 Å². The van der Waals surface area contributed by atoms with Crippen molar-refractivity contribution in [1.29, 1.82) is 5.26 Å². The number of carbonyl (C=O) groups is 2. The molecule has 0 unspecified atom stereocenters. The molecule has 0 saturated carbocycles. The lowest BCUT2D eigenvalue weighted by Gasteiger charge is -2.07. The average molecular weight is 375 g/mol. The van der Waals surface area contributed by atoms with E-state index in [0.717, 1.165) is 10.5 Å². The van der Waals surface area contributed by atoms with E-state index in [2.05, 4.69) is 11.4 Å². The molecule has 0 aromatic heterocycles. The number of hydrogen-bond acceptors (Lipinski definition) is 5. The maximum absolute atomic E-state index is 11.8. The van der Waals surface area contributed by atoms with Crippen LogP contribution in [0.4, 0.5) is 5.69 Å². The van der Waals surface area contributed by atoms with Gasteiger partial charge in [-0.1, -0.05) is 23.7 Å². The highest BCUT2D eigenvalue weighted by atomic mass is 35.5. The number of benzene rings is 2. The van der Waals surface area contributed by atoms with Crippen molar-refractivity contribution < 1.29 is 14.3 Å². The van der Waals surface area contributed by atoms with Gasteiger partial charge in [0.05, 0.1) is 18.2 Å². The molecule has 0 atom stereocenters. The molecule has 1 amide bonds. The average Bonchev–Trinajstić information content (AvgIpc) is 2.61. The van der Waals surface area contributed by atoms with E-state index in [9.17, 15) is 9.59 Å². The summed E-state index contributed by atoms with van der Waals surface area (Å²) < 4.78 is 4.94. The standard InChI is InChI=1S/C18H15ClN2O3S/c19-14-3-7-16(8-4-14)25-12-18(23)24-11-17(22)21-15-5-1-13(2-6-15)9-10-20/h1-8H,9,11-12H2,(H,21,22). The van der Waals surface area contributed by atoms with Crippen LogP contribution in [0, 0.1) is 11.3 Å². The van der Waals surface area contributed by atoms with Crippen LogP contribution < -0.4 is 5.32 Å². The van der Waals surface area contributed by atoms with Crippen molar-refractivity contribution in [2.24, 2.45) is 0 Å². The molecule has 0 heterocycles. The fourth-order valence-corrected chi connectivity index (χ4v) is 2.68. The number of rotatable bonds is 7. The number of nitriles is 1. The number of esters is 1. The molecule has 0 aliphatic rings. The molecule has 2 rings (SSSR count). The van der Waals surface area contributed by atoms with Crippen molar-refractivity contribution in [3.05, 3.63) is 59.1 Å². The topological polar surface area (TPSA) is 79.2 Å². The Morgan fingerprint density at radius 1 is 1.12 bits per heavy atom. The monoisotopic (exact) mass is 374 g/mol. The van der Waals surface area contributed by atoms with Crippen molar-refractivity contribution in [1.82, 2.24) is 0 Å². The Morgan fingerprint density at radius 3 is 2.44 bits per heavy atom.